The maximum absolute atomic E-state index is 11.8. The van der Waals surface area contributed by atoms with Crippen LogP contribution in [-0.2, 0) is 4.79 Å². The lowest BCUT2D eigenvalue weighted by Gasteiger charge is -2.06. The molecule has 2 aromatic rings. The molecule has 0 bridgehead atoms. The van der Waals surface area contributed by atoms with E-state index in [0.29, 0.717) is 20.9 Å². The minimum Gasteiger partial charge on any atom is -0.363 e. The normalized spacial score (nSPS) is 10.3. The summed E-state index contributed by atoms with van der Waals surface area (Å²) < 4.78 is 0.724. The molecular weight excluding hydrogens is 339 g/mol. The van der Waals surface area contributed by atoms with Crippen LogP contribution < -0.4 is 10.6 Å². The third kappa shape index (κ3) is 4.24. The third-order valence-electron chi connectivity index (χ3n) is 2.15. The SMILES string of the molecule is CNc1nnc(SCC(=O)Nc2cc(Cl)ccc2Cl)s1. The molecule has 1 aromatic heterocycles. The van der Waals surface area contributed by atoms with Crippen molar-refractivity contribution in [3.05, 3.63) is 28.2 Å². The summed E-state index contributed by atoms with van der Waals surface area (Å²) in [5.74, 6) is 0.0432. The van der Waals surface area contributed by atoms with E-state index in [1.54, 1.807) is 25.2 Å². The molecule has 0 saturated heterocycles. The van der Waals surface area contributed by atoms with E-state index in [2.05, 4.69) is 20.8 Å². The van der Waals surface area contributed by atoms with Gasteiger partial charge in [0.15, 0.2) is 4.34 Å². The topological polar surface area (TPSA) is 66.9 Å². The van der Waals surface area contributed by atoms with E-state index in [-0.39, 0.29) is 11.7 Å². The minimum absolute atomic E-state index is 0.180. The van der Waals surface area contributed by atoms with Crippen molar-refractivity contribution < 1.29 is 4.79 Å². The van der Waals surface area contributed by atoms with Crippen LogP contribution in [0.15, 0.2) is 22.5 Å². The van der Waals surface area contributed by atoms with Crippen molar-refractivity contribution in [1.82, 2.24) is 10.2 Å². The summed E-state index contributed by atoms with van der Waals surface area (Å²) >= 11 is 14.5. The molecule has 0 atom stereocenters. The molecule has 20 heavy (non-hydrogen) atoms. The lowest BCUT2D eigenvalue weighted by atomic mass is 10.3. The van der Waals surface area contributed by atoms with E-state index < -0.39 is 0 Å². The Bertz CT molecular complexity index is 620. The van der Waals surface area contributed by atoms with Gasteiger partial charge < -0.3 is 10.6 Å². The second kappa shape index (κ2) is 7.12. The largest absolute Gasteiger partial charge is 0.363 e. The summed E-state index contributed by atoms with van der Waals surface area (Å²) in [6, 6.07) is 4.90. The molecule has 1 heterocycles. The van der Waals surface area contributed by atoms with Crippen molar-refractivity contribution in [2.24, 2.45) is 0 Å². The number of thioether (sulfide) groups is 1. The second-order valence-electron chi connectivity index (χ2n) is 3.58. The molecule has 0 spiro atoms. The van der Waals surface area contributed by atoms with Gasteiger partial charge >= 0.3 is 0 Å². The number of nitrogens with zero attached hydrogens (tertiary/aromatic N) is 2. The minimum atomic E-state index is -0.180. The van der Waals surface area contributed by atoms with E-state index in [1.165, 1.54) is 23.1 Å². The molecule has 2 rings (SSSR count). The van der Waals surface area contributed by atoms with Crippen LogP contribution in [0.4, 0.5) is 10.8 Å². The number of halogens is 2. The number of benzene rings is 1. The highest BCUT2D eigenvalue weighted by molar-refractivity contribution is 8.01. The zero-order valence-electron chi connectivity index (χ0n) is 10.3. The lowest BCUT2D eigenvalue weighted by molar-refractivity contribution is -0.113. The molecule has 0 fully saturated rings. The summed E-state index contributed by atoms with van der Waals surface area (Å²) in [5, 5.41) is 15.1. The molecule has 0 unspecified atom stereocenters. The molecule has 0 aliphatic heterocycles. The Morgan fingerprint density at radius 3 is 2.90 bits per heavy atom. The molecule has 1 aromatic carbocycles. The van der Waals surface area contributed by atoms with Gasteiger partial charge in [-0.2, -0.15) is 0 Å². The molecule has 0 aliphatic carbocycles. The molecule has 0 saturated carbocycles. The number of rotatable bonds is 5. The first kappa shape index (κ1) is 15.4. The van der Waals surface area contributed by atoms with Gasteiger partial charge in [0.1, 0.15) is 0 Å². The first-order valence-electron chi connectivity index (χ1n) is 5.47. The van der Waals surface area contributed by atoms with E-state index >= 15 is 0 Å². The second-order valence-corrected chi connectivity index (χ2v) is 6.63. The summed E-state index contributed by atoms with van der Waals surface area (Å²) in [5.41, 5.74) is 0.498. The maximum Gasteiger partial charge on any atom is 0.234 e. The van der Waals surface area contributed by atoms with Gasteiger partial charge in [-0.05, 0) is 18.2 Å². The lowest BCUT2D eigenvalue weighted by Crippen LogP contribution is -2.14. The summed E-state index contributed by atoms with van der Waals surface area (Å²) in [7, 11) is 1.77. The molecule has 2 N–H and O–H groups in total. The van der Waals surface area contributed by atoms with Crippen molar-refractivity contribution >= 4 is 63.0 Å². The monoisotopic (exact) mass is 348 g/mol. The zero-order valence-corrected chi connectivity index (χ0v) is 13.5. The summed E-state index contributed by atoms with van der Waals surface area (Å²) in [6.45, 7) is 0. The average Bonchev–Trinajstić information content (AvgIpc) is 2.89. The smallest absolute Gasteiger partial charge is 0.234 e. The quantitative estimate of drug-likeness (QED) is 0.807. The molecule has 0 radical (unpaired) electrons. The van der Waals surface area contributed by atoms with E-state index in [9.17, 15) is 4.79 Å². The predicted molar refractivity (Wildman–Crippen MR) is 85.3 cm³/mol. The Balaban J connectivity index is 1.90. The summed E-state index contributed by atoms with van der Waals surface area (Å²) in [6.07, 6.45) is 0. The summed E-state index contributed by atoms with van der Waals surface area (Å²) in [4.78, 5) is 11.8. The number of anilines is 2. The molecule has 1 amide bonds. The highest BCUT2D eigenvalue weighted by atomic mass is 35.5. The first-order chi connectivity index (χ1) is 9.58. The number of aromatic nitrogens is 2. The van der Waals surface area contributed by atoms with Gasteiger partial charge in [-0.15, -0.1) is 10.2 Å². The van der Waals surface area contributed by atoms with Crippen molar-refractivity contribution in [3.8, 4) is 0 Å². The fourth-order valence-electron chi connectivity index (χ4n) is 1.28. The van der Waals surface area contributed by atoms with Gasteiger partial charge in [-0.1, -0.05) is 46.3 Å². The van der Waals surface area contributed by atoms with Crippen LogP contribution in [0.1, 0.15) is 0 Å². The van der Waals surface area contributed by atoms with Crippen LogP contribution >= 0.6 is 46.3 Å². The fraction of sp³-hybridized carbons (Fsp3) is 0.182. The van der Waals surface area contributed by atoms with Gasteiger partial charge in [0.05, 0.1) is 16.5 Å². The van der Waals surface area contributed by atoms with Crippen LogP contribution in [0.3, 0.4) is 0 Å². The Morgan fingerprint density at radius 1 is 1.40 bits per heavy atom. The average molecular weight is 349 g/mol. The van der Waals surface area contributed by atoms with Crippen LogP contribution in [-0.4, -0.2) is 28.9 Å². The molecular formula is C11H10Cl2N4OS2. The van der Waals surface area contributed by atoms with Crippen molar-refractivity contribution in [3.63, 3.8) is 0 Å². The standard InChI is InChI=1S/C11H10Cl2N4OS2/c1-14-10-16-17-11(20-10)19-5-9(18)15-8-4-6(12)2-3-7(8)13/h2-4H,5H2,1H3,(H,14,16)(H,15,18). The zero-order chi connectivity index (χ0) is 14.5. The van der Waals surface area contributed by atoms with Gasteiger partial charge in [0.25, 0.3) is 0 Å². The predicted octanol–water partition coefficient (Wildman–Crippen LogP) is 3.62. The highest BCUT2D eigenvalue weighted by Crippen LogP contribution is 2.27. The number of nitrogens with one attached hydrogen (secondary N) is 2. The maximum atomic E-state index is 11.8. The van der Waals surface area contributed by atoms with Crippen molar-refractivity contribution in [2.75, 3.05) is 23.4 Å². The Labute approximate surface area is 134 Å². The Morgan fingerprint density at radius 2 is 2.20 bits per heavy atom. The van der Waals surface area contributed by atoms with Gasteiger partial charge in [-0.3, -0.25) is 4.79 Å². The van der Waals surface area contributed by atoms with E-state index in [4.69, 9.17) is 23.2 Å². The van der Waals surface area contributed by atoms with Crippen LogP contribution in [0.2, 0.25) is 10.0 Å². The van der Waals surface area contributed by atoms with Crippen LogP contribution in [0, 0.1) is 0 Å². The van der Waals surface area contributed by atoms with E-state index in [0.717, 1.165) is 4.34 Å². The molecule has 0 aliphatic rings. The van der Waals surface area contributed by atoms with Gasteiger partial charge in [-0.25, -0.2) is 0 Å². The first-order valence-corrected chi connectivity index (χ1v) is 8.03. The fourth-order valence-corrected chi connectivity index (χ4v) is 3.12. The van der Waals surface area contributed by atoms with Crippen molar-refractivity contribution in [1.29, 1.82) is 0 Å². The number of carbonyl (C=O) groups excluding carboxylic acids is 1. The van der Waals surface area contributed by atoms with Gasteiger partial charge in [0.2, 0.25) is 11.0 Å². The van der Waals surface area contributed by atoms with Crippen LogP contribution in [0.25, 0.3) is 0 Å². The molecule has 9 heteroatoms. The van der Waals surface area contributed by atoms with Crippen LogP contribution in [0.5, 0.6) is 0 Å². The third-order valence-corrected chi connectivity index (χ3v) is 4.79. The Hall–Kier alpha value is -1.02. The van der Waals surface area contributed by atoms with E-state index in [1.807, 2.05) is 0 Å². The molecule has 5 nitrogen and oxygen atoms in total. The highest BCUT2D eigenvalue weighted by Gasteiger charge is 2.09. The van der Waals surface area contributed by atoms with Crippen molar-refractivity contribution in [2.45, 2.75) is 4.34 Å². The Kier molecular flexibility index (Phi) is 5.47. The number of amides is 1. The van der Waals surface area contributed by atoms with Gasteiger partial charge in [0, 0.05) is 12.1 Å². The number of hydrogen-bond donors (Lipinski definition) is 2. The molecule has 106 valence electrons. The number of hydrogen-bond acceptors (Lipinski definition) is 6. The number of carbonyl (C=O) groups is 1.